The molecule has 0 aromatic heterocycles. The summed E-state index contributed by atoms with van der Waals surface area (Å²) in [6.45, 7) is 6.11. The van der Waals surface area contributed by atoms with Gasteiger partial charge in [-0.15, -0.1) is 0 Å². The van der Waals surface area contributed by atoms with Gasteiger partial charge in [0, 0.05) is 0 Å². The Kier molecular flexibility index (Phi) is 19.0. The van der Waals surface area contributed by atoms with E-state index in [0.29, 0.717) is 30.5 Å². The zero-order valence-corrected chi connectivity index (χ0v) is 40.1. The van der Waals surface area contributed by atoms with Crippen LogP contribution in [0.3, 0.4) is 0 Å². The van der Waals surface area contributed by atoms with Crippen LogP contribution < -0.4 is 29.6 Å². The van der Waals surface area contributed by atoms with E-state index in [1.165, 1.54) is 14.2 Å². The monoisotopic (exact) mass is 944 g/mol. The van der Waals surface area contributed by atoms with Crippen LogP contribution in [0.1, 0.15) is 48.6 Å². The molecule has 1 amide bonds. The summed E-state index contributed by atoms with van der Waals surface area (Å²) >= 11 is 0. The van der Waals surface area contributed by atoms with Crippen molar-refractivity contribution in [1.29, 1.82) is 0 Å². The second kappa shape index (κ2) is 25.9. The molecule has 0 aliphatic heterocycles. The molecule has 70 heavy (non-hydrogen) atoms. The van der Waals surface area contributed by atoms with Crippen LogP contribution in [-0.4, -0.2) is 63.1 Å². The second-order valence-corrected chi connectivity index (χ2v) is 16.9. The first-order valence-corrected chi connectivity index (χ1v) is 22.8. The molecule has 7 aromatic rings. The van der Waals surface area contributed by atoms with Crippen LogP contribution in [0.2, 0.25) is 0 Å². The number of rotatable bonds is 20. The zero-order valence-electron chi connectivity index (χ0n) is 40.1. The summed E-state index contributed by atoms with van der Waals surface area (Å²) in [6, 6.07) is 62.8. The van der Waals surface area contributed by atoms with Crippen molar-refractivity contribution in [1.82, 2.24) is 10.6 Å². The van der Waals surface area contributed by atoms with Gasteiger partial charge in [-0.1, -0.05) is 152 Å². The molecule has 0 radical (unpaired) electrons. The van der Waals surface area contributed by atoms with Gasteiger partial charge in [-0.05, 0) is 97.1 Å². The minimum atomic E-state index is -0.996. The Morgan fingerprint density at radius 3 is 1.09 bits per heavy atom. The van der Waals surface area contributed by atoms with Crippen LogP contribution in [-0.2, 0) is 42.6 Å². The molecular formula is C58H60N2O10. The normalized spacial score (nSPS) is 11.8. The molecule has 0 fully saturated rings. The van der Waals surface area contributed by atoms with Gasteiger partial charge in [-0.3, -0.25) is 10.1 Å². The van der Waals surface area contributed by atoms with Crippen LogP contribution in [0.15, 0.2) is 200 Å². The first-order chi connectivity index (χ1) is 34.0. The predicted molar refractivity (Wildman–Crippen MR) is 269 cm³/mol. The third-order valence-corrected chi connectivity index (χ3v) is 10.7. The van der Waals surface area contributed by atoms with Gasteiger partial charge in [0.25, 0.3) is 0 Å². The Balaban J connectivity index is 0.000000245. The fourth-order valence-electron chi connectivity index (χ4n) is 7.25. The van der Waals surface area contributed by atoms with Gasteiger partial charge in [0.2, 0.25) is 0 Å². The van der Waals surface area contributed by atoms with Crippen LogP contribution >= 0.6 is 0 Å². The SMILES string of the molecule is COC(=O)[C@H](COc1ccc(OCc2ccccc2)cc1)NC(=O)OC(C)(C)C.COC(=O)[C@H](COc1ccc(OCc2ccccc2)cc1)NC(c1ccccc1)(c1ccccc1)c1ccccc1. The molecule has 0 saturated carbocycles. The molecule has 0 spiro atoms. The van der Waals surface area contributed by atoms with Crippen molar-refractivity contribution < 1.29 is 47.5 Å². The summed E-state index contributed by atoms with van der Waals surface area (Å²) in [6.07, 6.45) is -0.721. The summed E-state index contributed by atoms with van der Waals surface area (Å²) in [7, 11) is 2.64. The molecule has 7 rings (SSSR count). The number of carbonyl (C=O) groups is 3. The number of ether oxygens (including phenoxy) is 7. The number of hydrogen-bond donors (Lipinski definition) is 2. The maximum absolute atomic E-state index is 13.2. The maximum atomic E-state index is 13.2. The Hall–Kier alpha value is -8.09. The van der Waals surface area contributed by atoms with Crippen molar-refractivity contribution in [3.05, 3.63) is 228 Å². The molecular weight excluding hydrogens is 885 g/mol. The van der Waals surface area contributed by atoms with Crippen molar-refractivity contribution in [3.8, 4) is 23.0 Å². The highest BCUT2D eigenvalue weighted by molar-refractivity contribution is 5.81. The van der Waals surface area contributed by atoms with Crippen LogP contribution in [0.5, 0.6) is 23.0 Å². The molecule has 0 bridgehead atoms. The summed E-state index contributed by atoms with van der Waals surface area (Å²) in [4.78, 5) is 37.0. The standard InChI is InChI=1S/C36H33NO4.C22H27NO6/c1-39-35(38)34(27-41-33-24-22-32(23-25-33)40-26-28-14-6-2-7-15-28)37-36(29-16-8-3-9-17-29,30-18-10-4-11-19-30)31-20-12-5-13-21-31;1-22(2,3)29-21(25)23-19(20(24)26-4)15-28-18-12-10-17(11-13-18)27-14-16-8-6-5-7-9-16/h2-25,34,37H,26-27H2,1H3;5-13,19H,14-15H2,1-4H3,(H,23,25)/t34-;19-/m00/s1. The average molecular weight is 945 g/mol. The topological polar surface area (TPSA) is 140 Å². The van der Waals surface area contributed by atoms with Gasteiger partial charge in [0.1, 0.15) is 61.1 Å². The lowest BCUT2D eigenvalue weighted by atomic mass is 9.76. The van der Waals surface area contributed by atoms with Gasteiger partial charge in [-0.25, -0.2) is 9.59 Å². The number of alkyl carbamates (subject to hydrolysis) is 1. The van der Waals surface area contributed by atoms with Crippen LogP contribution in [0.4, 0.5) is 4.79 Å². The first kappa shape index (κ1) is 51.3. The second-order valence-electron chi connectivity index (χ2n) is 16.9. The molecule has 2 N–H and O–H groups in total. The van der Waals surface area contributed by atoms with Crippen molar-refractivity contribution in [3.63, 3.8) is 0 Å². The molecule has 2 atom stereocenters. The largest absolute Gasteiger partial charge is 0.491 e. The molecule has 362 valence electrons. The third kappa shape index (κ3) is 15.5. The van der Waals surface area contributed by atoms with E-state index in [9.17, 15) is 14.4 Å². The van der Waals surface area contributed by atoms with E-state index >= 15 is 0 Å². The smallest absolute Gasteiger partial charge is 0.408 e. The molecule has 0 unspecified atom stereocenters. The highest BCUT2D eigenvalue weighted by atomic mass is 16.6. The van der Waals surface area contributed by atoms with E-state index < -0.39 is 41.3 Å². The van der Waals surface area contributed by atoms with E-state index in [1.807, 2.05) is 140 Å². The third-order valence-electron chi connectivity index (χ3n) is 10.7. The molecule has 7 aromatic carbocycles. The van der Waals surface area contributed by atoms with Gasteiger partial charge in [-0.2, -0.15) is 0 Å². The van der Waals surface area contributed by atoms with E-state index in [1.54, 1.807) is 45.0 Å². The van der Waals surface area contributed by atoms with Crippen molar-refractivity contribution in [2.75, 3.05) is 27.4 Å². The average Bonchev–Trinajstić information content (AvgIpc) is 3.40. The predicted octanol–water partition coefficient (Wildman–Crippen LogP) is 10.5. The fourth-order valence-corrected chi connectivity index (χ4v) is 7.25. The molecule has 0 aliphatic carbocycles. The van der Waals surface area contributed by atoms with E-state index in [0.717, 1.165) is 33.6 Å². The van der Waals surface area contributed by atoms with Gasteiger partial charge >= 0.3 is 18.0 Å². The Morgan fingerprint density at radius 1 is 0.429 bits per heavy atom. The Labute approximate surface area is 410 Å². The van der Waals surface area contributed by atoms with Crippen molar-refractivity contribution in [2.24, 2.45) is 0 Å². The van der Waals surface area contributed by atoms with Crippen molar-refractivity contribution >= 4 is 18.0 Å². The highest BCUT2D eigenvalue weighted by Gasteiger charge is 2.40. The number of methoxy groups -OCH3 is 2. The van der Waals surface area contributed by atoms with Gasteiger partial charge < -0.3 is 38.5 Å². The number of carbonyl (C=O) groups excluding carboxylic acids is 3. The molecule has 12 heteroatoms. The zero-order chi connectivity index (χ0) is 49.6. The van der Waals surface area contributed by atoms with Gasteiger partial charge in [0.15, 0.2) is 6.04 Å². The number of nitrogens with one attached hydrogen (secondary N) is 2. The van der Waals surface area contributed by atoms with Crippen LogP contribution in [0, 0.1) is 0 Å². The summed E-state index contributed by atoms with van der Waals surface area (Å²) in [5.41, 5.74) is 3.62. The maximum Gasteiger partial charge on any atom is 0.408 e. The van der Waals surface area contributed by atoms with E-state index in [4.69, 9.17) is 33.2 Å². The lowest BCUT2D eigenvalue weighted by Crippen LogP contribution is -2.55. The van der Waals surface area contributed by atoms with E-state index in [2.05, 4.69) is 47.0 Å². The lowest BCUT2D eigenvalue weighted by Gasteiger charge is -2.39. The van der Waals surface area contributed by atoms with Gasteiger partial charge in [0.05, 0.1) is 19.8 Å². The fraction of sp³-hybridized carbons (Fsp3) is 0.224. The van der Waals surface area contributed by atoms with Crippen molar-refractivity contribution in [2.45, 2.75) is 57.2 Å². The summed E-state index contributed by atoms with van der Waals surface area (Å²) in [5.74, 6) is 1.53. The van der Waals surface area contributed by atoms with Crippen LogP contribution in [0.25, 0.3) is 0 Å². The number of hydrogen-bond acceptors (Lipinski definition) is 11. The highest BCUT2D eigenvalue weighted by Crippen LogP contribution is 2.37. The number of amides is 1. The number of benzene rings is 7. The first-order valence-electron chi connectivity index (χ1n) is 22.8. The minimum Gasteiger partial charge on any atom is -0.491 e. The molecule has 12 nitrogen and oxygen atoms in total. The Morgan fingerprint density at radius 2 is 0.743 bits per heavy atom. The minimum absolute atomic E-state index is 0.0607. The molecule has 0 heterocycles. The Bertz CT molecular complexity index is 2530. The lowest BCUT2D eigenvalue weighted by molar-refractivity contribution is -0.145. The number of esters is 2. The summed E-state index contributed by atoms with van der Waals surface area (Å²) < 4.78 is 38.5. The van der Waals surface area contributed by atoms with E-state index in [-0.39, 0.29) is 13.2 Å². The summed E-state index contributed by atoms with van der Waals surface area (Å²) in [5, 5.41) is 6.12. The molecule has 0 aliphatic rings. The quantitative estimate of drug-likeness (QED) is 0.0429. The molecule has 0 saturated heterocycles.